The number of esters is 2. The van der Waals surface area contributed by atoms with Crippen LogP contribution in [-0.4, -0.2) is 46.2 Å². The number of benzene rings is 2. The topological polar surface area (TPSA) is 71.1 Å². The maximum Gasteiger partial charge on any atom is 0.333 e. The van der Waals surface area contributed by atoms with Gasteiger partial charge in [0.2, 0.25) is 0 Å². The van der Waals surface area contributed by atoms with Crippen LogP contribution >= 0.6 is 45.2 Å². The van der Waals surface area contributed by atoms with E-state index in [4.69, 9.17) is 18.9 Å². The van der Waals surface area contributed by atoms with Crippen LogP contribution in [0.2, 0.25) is 0 Å². The van der Waals surface area contributed by atoms with Gasteiger partial charge in [-0.25, -0.2) is 9.59 Å². The predicted octanol–water partition coefficient (Wildman–Crippen LogP) is 8.03. The molecule has 4 saturated carbocycles. The zero-order chi connectivity index (χ0) is 31.4. The summed E-state index contributed by atoms with van der Waals surface area (Å²) in [6, 6.07) is 17.5. The van der Waals surface area contributed by atoms with Gasteiger partial charge >= 0.3 is 11.9 Å². The maximum atomic E-state index is 11.7. The minimum Gasteiger partial charge on any atom is -0.492 e. The lowest BCUT2D eigenvalue weighted by molar-refractivity contribution is -0.139. The highest BCUT2D eigenvalue weighted by molar-refractivity contribution is 14.1. The quantitative estimate of drug-likeness (QED) is 0.0833. The second-order valence-electron chi connectivity index (χ2n) is 12.8. The number of carbonyl (C=O) groups excluding carboxylic acids is 2. The standard InChI is InChI=1S/C36H42I2O6/c1-22(2)34(39)43-20-30(37)18-41-32-9-5-26(6-10-32)36(28-14-24-13-25(16-28)17-29(36)15-24)27-7-11-33(12-8-27)42-19-31(38)21-44-35(40)23(3)4/h5-12,24-25,28-31H,1,3,13-21H2,2,4H3. The van der Waals surface area contributed by atoms with Gasteiger partial charge in [-0.05, 0) is 105 Å². The van der Waals surface area contributed by atoms with E-state index in [1.165, 1.54) is 43.2 Å². The summed E-state index contributed by atoms with van der Waals surface area (Å²) in [6.45, 7) is 12.1. The van der Waals surface area contributed by atoms with Crippen molar-refractivity contribution >= 4 is 57.1 Å². The molecule has 2 atom stereocenters. The predicted molar refractivity (Wildman–Crippen MR) is 189 cm³/mol. The summed E-state index contributed by atoms with van der Waals surface area (Å²) in [4.78, 5) is 23.4. The second-order valence-corrected chi connectivity index (χ2v) is 16.3. The van der Waals surface area contributed by atoms with Crippen LogP contribution in [0.25, 0.3) is 0 Å². The summed E-state index contributed by atoms with van der Waals surface area (Å²) in [5, 5.41) is 0. The van der Waals surface area contributed by atoms with E-state index in [2.05, 4.69) is 107 Å². The number of hydrogen-bond acceptors (Lipinski definition) is 6. The van der Waals surface area contributed by atoms with Crippen LogP contribution in [0.3, 0.4) is 0 Å². The van der Waals surface area contributed by atoms with Crippen LogP contribution in [0, 0.1) is 23.7 Å². The van der Waals surface area contributed by atoms with Crippen LogP contribution in [0.4, 0.5) is 0 Å². The van der Waals surface area contributed by atoms with Gasteiger partial charge in [0.1, 0.15) is 37.9 Å². The van der Waals surface area contributed by atoms with Crippen molar-refractivity contribution in [2.45, 2.75) is 59.2 Å². The van der Waals surface area contributed by atoms with Gasteiger partial charge in [0, 0.05) is 16.6 Å². The Morgan fingerprint density at radius 1 is 0.682 bits per heavy atom. The molecular formula is C36H42I2O6. The average molecular weight is 825 g/mol. The first kappa shape index (κ1) is 33.3. The minimum absolute atomic E-state index is 0.0183. The van der Waals surface area contributed by atoms with Crippen molar-refractivity contribution in [2.24, 2.45) is 23.7 Å². The zero-order valence-electron chi connectivity index (χ0n) is 25.6. The number of ether oxygens (including phenoxy) is 4. The van der Waals surface area contributed by atoms with Crippen molar-refractivity contribution in [3.05, 3.63) is 84.0 Å². The van der Waals surface area contributed by atoms with Gasteiger partial charge in [-0.2, -0.15) is 0 Å². The molecule has 0 amide bonds. The van der Waals surface area contributed by atoms with E-state index in [0.717, 1.165) is 23.3 Å². The monoisotopic (exact) mass is 824 g/mol. The lowest BCUT2D eigenvalue weighted by atomic mass is 9.42. The van der Waals surface area contributed by atoms with E-state index < -0.39 is 0 Å². The Morgan fingerprint density at radius 2 is 1.05 bits per heavy atom. The number of rotatable bonds is 14. The highest BCUT2D eigenvalue weighted by Gasteiger charge is 2.58. The first-order valence-electron chi connectivity index (χ1n) is 15.5. The van der Waals surface area contributed by atoms with Gasteiger partial charge in [-0.1, -0.05) is 82.6 Å². The molecule has 236 valence electrons. The van der Waals surface area contributed by atoms with Gasteiger partial charge < -0.3 is 18.9 Å². The van der Waals surface area contributed by atoms with E-state index in [9.17, 15) is 9.59 Å². The van der Waals surface area contributed by atoms with Crippen LogP contribution in [0.5, 0.6) is 11.5 Å². The Labute approximate surface area is 288 Å². The van der Waals surface area contributed by atoms with E-state index in [1.807, 2.05) is 0 Å². The first-order chi connectivity index (χ1) is 21.1. The van der Waals surface area contributed by atoms with Crippen molar-refractivity contribution in [3.63, 3.8) is 0 Å². The van der Waals surface area contributed by atoms with Crippen LogP contribution in [-0.2, 0) is 24.5 Å². The van der Waals surface area contributed by atoms with E-state index in [1.54, 1.807) is 13.8 Å². The minimum atomic E-state index is -0.368. The fourth-order valence-electron chi connectivity index (χ4n) is 7.74. The maximum absolute atomic E-state index is 11.7. The molecular weight excluding hydrogens is 782 g/mol. The molecule has 2 aromatic rings. The normalized spacial score (nSPS) is 26.4. The number of hydrogen-bond donors (Lipinski definition) is 0. The Balaban J connectivity index is 1.28. The van der Waals surface area contributed by atoms with Gasteiger partial charge in [-0.15, -0.1) is 0 Å². The lowest BCUT2D eigenvalue weighted by Gasteiger charge is -2.62. The van der Waals surface area contributed by atoms with Crippen molar-refractivity contribution in [1.29, 1.82) is 0 Å². The molecule has 0 saturated heterocycles. The molecule has 0 spiro atoms. The Morgan fingerprint density at radius 3 is 1.39 bits per heavy atom. The summed E-state index contributed by atoms with van der Waals surface area (Å²) >= 11 is 4.51. The van der Waals surface area contributed by atoms with Crippen molar-refractivity contribution in [2.75, 3.05) is 26.4 Å². The highest BCUT2D eigenvalue weighted by atomic mass is 127. The van der Waals surface area contributed by atoms with Crippen LogP contribution < -0.4 is 9.47 Å². The Kier molecular flexibility index (Phi) is 11.0. The fraction of sp³-hybridized carbons (Fsp3) is 0.500. The largest absolute Gasteiger partial charge is 0.492 e. The Bertz CT molecular complexity index is 1240. The summed E-state index contributed by atoms with van der Waals surface area (Å²) < 4.78 is 22.8. The van der Waals surface area contributed by atoms with E-state index in [0.29, 0.717) is 49.4 Å². The van der Waals surface area contributed by atoms with Gasteiger partial charge in [-0.3, -0.25) is 0 Å². The number of alkyl halides is 2. The summed E-state index contributed by atoms with van der Waals surface area (Å²) in [6.07, 6.45) is 6.58. The summed E-state index contributed by atoms with van der Waals surface area (Å²) in [5.41, 5.74) is 3.54. The average Bonchev–Trinajstić information content (AvgIpc) is 3.01. The summed E-state index contributed by atoms with van der Waals surface area (Å²) in [7, 11) is 0. The van der Waals surface area contributed by atoms with E-state index in [-0.39, 0.29) is 25.2 Å². The highest BCUT2D eigenvalue weighted by Crippen LogP contribution is 2.65. The molecule has 0 aliphatic heterocycles. The molecule has 4 fully saturated rings. The molecule has 0 aromatic heterocycles. The number of halogens is 2. The molecule has 6 rings (SSSR count). The molecule has 44 heavy (non-hydrogen) atoms. The molecule has 0 N–H and O–H groups in total. The smallest absolute Gasteiger partial charge is 0.333 e. The van der Waals surface area contributed by atoms with Crippen LogP contribution in [0.1, 0.15) is 57.1 Å². The zero-order valence-corrected chi connectivity index (χ0v) is 29.9. The molecule has 4 bridgehead atoms. The molecule has 4 aliphatic carbocycles. The van der Waals surface area contributed by atoms with Gasteiger partial charge in [0.25, 0.3) is 0 Å². The van der Waals surface area contributed by atoms with Crippen molar-refractivity contribution in [1.82, 2.24) is 0 Å². The number of carbonyl (C=O) groups is 2. The second kappa shape index (κ2) is 14.6. The molecule has 0 heterocycles. The molecule has 2 aromatic carbocycles. The SMILES string of the molecule is C=C(C)C(=O)OCC(I)COc1ccc(C2(c3ccc(OCC(I)COC(=O)C(=C)C)cc3)C3CC4CC(C3)CC2C4)cc1. The third-order valence-corrected chi connectivity index (χ3v) is 10.9. The molecule has 4 aliphatic rings. The van der Waals surface area contributed by atoms with Gasteiger partial charge in [0.15, 0.2) is 0 Å². The van der Waals surface area contributed by atoms with Crippen LogP contribution in [0.15, 0.2) is 72.8 Å². The fourth-order valence-corrected chi connectivity index (χ4v) is 8.46. The first-order valence-corrected chi connectivity index (χ1v) is 17.9. The third-order valence-electron chi connectivity index (χ3n) is 9.44. The summed E-state index contributed by atoms with van der Waals surface area (Å²) in [5.74, 6) is 3.88. The van der Waals surface area contributed by atoms with Crippen molar-refractivity contribution in [3.8, 4) is 11.5 Å². The lowest BCUT2D eigenvalue weighted by Crippen LogP contribution is -2.56. The van der Waals surface area contributed by atoms with Crippen molar-refractivity contribution < 1.29 is 28.5 Å². The molecule has 8 heteroatoms. The molecule has 0 radical (unpaired) electrons. The Hall–Kier alpha value is -2.08. The van der Waals surface area contributed by atoms with E-state index >= 15 is 0 Å². The molecule has 6 nitrogen and oxygen atoms in total. The molecule has 2 unspecified atom stereocenters. The third kappa shape index (κ3) is 7.48. The van der Waals surface area contributed by atoms with Gasteiger partial charge in [0.05, 0.1) is 7.85 Å².